The van der Waals surface area contributed by atoms with Gasteiger partial charge in [0.15, 0.2) is 0 Å². The number of hydrogen-bond acceptors (Lipinski definition) is 8. The number of aliphatic carboxylic acids is 2. The summed E-state index contributed by atoms with van der Waals surface area (Å²) in [4.78, 5) is 62.3. The lowest BCUT2D eigenvalue weighted by molar-refractivity contribution is -0.146. The molecule has 2 aliphatic carbocycles. The lowest BCUT2D eigenvalue weighted by Crippen LogP contribution is -2.52. The first-order chi connectivity index (χ1) is 31.1. The molecule has 4 heterocycles. The Balaban J connectivity index is 0.000000196. The molecule has 2 N–H and O–H groups in total. The molecule has 0 bridgehead atoms. The van der Waals surface area contributed by atoms with Crippen molar-refractivity contribution in [2.45, 2.75) is 128 Å². The van der Waals surface area contributed by atoms with E-state index in [0.717, 1.165) is 68.3 Å². The largest absolute Gasteiger partial charge is 0.480 e. The zero-order valence-electron chi connectivity index (χ0n) is 38.0. The minimum atomic E-state index is -1.01. The van der Waals surface area contributed by atoms with Gasteiger partial charge in [0.25, 0.3) is 0 Å². The fourth-order valence-electron chi connectivity index (χ4n) is 10.1. The van der Waals surface area contributed by atoms with E-state index in [1.54, 1.807) is 53.9 Å². The average Bonchev–Trinajstić information content (AvgIpc) is 3.49. The van der Waals surface area contributed by atoms with E-state index in [2.05, 4.69) is 56.1 Å². The van der Waals surface area contributed by atoms with Crippen molar-refractivity contribution >= 4 is 79.2 Å². The lowest BCUT2D eigenvalue weighted by atomic mass is 9.74. The molecule has 2 fully saturated rings. The van der Waals surface area contributed by atoms with Gasteiger partial charge in [0.05, 0.1) is 11.4 Å². The average molecular weight is 1070 g/mol. The molecule has 6 atom stereocenters. The lowest BCUT2D eigenvalue weighted by Gasteiger charge is -2.40. The van der Waals surface area contributed by atoms with Crippen LogP contribution >= 0.6 is 55.1 Å². The van der Waals surface area contributed by atoms with Crippen LogP contribution in [0, 0.1) is 11.8 Å². The van der Waals surface area contributed by atoms with Crippen molar-refractivity contribution in [2.24, 2.45) is 11.8 Å². The third kappa shape index (κ3) is 11.5. The number of hydrogen-bond donors (Lipinski definition) is 2. The summed E-state index contributed by atoms with van der Waals surface area (Å²) in [5, 5.41) is 21.4. The number of piperidine rings is 2. The van der Waals surface area contributed by atoms with Crippen LogP contribution in [-0.2, 0) is 44.7 Å². The maximum absolute atomic E-state index is 12.7. The standard InChI is InChI=1S/2C25H28BrClN2O4/c2*1-25(2,3)33-24(32)29-9-8-15(12-20(29)23(30)31)21-19-7-6-18(27)11-14(19)4-5-16-10-17(26)13-28-22(16)21/h2*6-7,10-11,13,15,20-21H,4-5,8-9,12H2,1-3H3,(H,30,31)/t2*15?,20?,21-/m11/s1. The smallest absolute Gasteiger partial charge is 0.411 e. The summed E-state index contributed by atoms with van der Waals surface area (Å²) >= 11 is 19.7. The third-order valence-electron chi connectivity index (χ3n) is 12.8. The van der Waals surface area contributed by atoms with E-state index in [9.17, 15) is 29.4 Å². The van der Waals surface area contributed by atoms with E-state index in [1.807, 2.05) is 24.3 Å². The molecule has 4 aliphatic rings. The number of rotatable bonds is 4. The summed E-state index contributed by atoms with van der Waals surface area (Å²) < 4.78 is 12.8. The van der Waals surface area contributed by atoms with E-state index in [4.69, 9.17) is 42.6 Å². The monoisotopic (exact) mass is 1070 g/mol. The Morgan fingerprint density at radius 2 is 0.970 bits per heavy atom. The first-order valence-corrected chi connectivity index (χ1v) is 24.7. The molecular weight excluding hydrogens is 1020 g/mol. The van der Waals surface area contributed by atoms with Gasteiger partial charge in [0.1, 0.15) is 23.3 Å². The van der Waals surface area contributed by atoms with E-state index in [-0.39, 0.29) is 23.7 Å². The molecule has 352 valence electrons. The van der Waals surface area contributed by atoms with E-state index in [0.29, 0.717) is 48.8 Å². The van der Waals surface area contributed by atoms with Gasteiger partial charge < -0.3 is 19.7 Å². The SMILES string of the molecule is CC(C)(C)OC(=O)N1CCC([C@@H]2c3ccc(Cl)cc3CCc3cc(Br)cnc32)CC1C(=O)O.CC(C)(C)OC(=O)N1CCC([C@@H]2c3ccc(Cl)cc3CCc3cc(Br)cnc32)CC1C(=O)O. The van der Waals surface area contributed by atoms with Crippen molar-refractivity contribution in [3.05, 3.63) is 125 Å². The fourth-order valence-corrected chi connectivity index (χ4v) is 11.2. The molecule has 4 unspecified atom stereocenters. The number of carbonyl (C=O) groups is 4. The number of pyridine rings is 2. The zero-order valence-corrected chi connectivity index (χ0v) is 42.6. The van der Waals surface area contributed by atoms with Crippen molar-refractivity contribution in [2.75, 3.05) is 13.1 Å². The molecule has 2 aromatic carbocycles. The zero-order chi connectivity index (χ0) is 47.8. The second kappa shape index (κ2) is 20.2. The summed E-state index contributed by atoms with van der Waals surface area (Å²) in [6.45, 7) is 11.3. The van der Waals surface area contributed by atoms with Crippen molar-refractivity contribution in [1.29, 1.82) is 0 Å². The minimum Gasteiger partial charge on any atom is -0.480 e. The first-order valence-electron chi connectivity index (χ1n) is 22.4. The highest BCUT2D eigenvalue weighted by Crippen LogP contribution is 2.46. The number of carboxylic acid groups (broad SMARTS) is 2. The Morgan fingerprint density at radius 3 is 1.32 bits per heavy atom. The van der Waals surface area contributed by atoms with Gasteiger partial charge in [-0.25, -0.2) is 19.2 Å². The van der Waals surface area contributed by atoms with Crippen molar-refractivity contribution in [3.63, 3.8) is 0 Å². The van der Waals surface area contributed by atoms with Gasteiger partial charge in [-0.2, -0.15) is 0 Å². The van der Waals surface area contributed by atoms with Gasteiger partial charge in [0.2, 0.25) is 0 Å². The molecule has 2 amide bonds. The fraction of sp³-hybridized carbons (Fsp3) is 0.480. The topological polar surface area (TPSA) is 159 Å². The molecule has 8 rings (SSSR count). The van der Waals surface area contributed by atoms with E-state index < -0.39 is 47.4 Å². The molecule has 12 nitrogen and oxygen atoms in total. The number of likely N-dealkylation sites (tertiary alicyclic amines) is 2. The van der Waals surface area contributed by atoms with Crippen LogP contribution in [0.1, 0.15) is 124 Å². The maximum atomic E-state index is 12.7. The number of halogens is 4. The molecule has 2 saturated heterocycles. The molecule has 2 aromatic heterocycles. The normalized spacial score (nSPS) is 22.7. The Bertz CT molecular complexity index is 2230. The van der Waals surface area contributed by atoms with E-state index in [1.165, 1.54) is 20.9 Å². The van der Waals surface area contributed by atoms with Gasteiger partial charge in [-0.05, 0) is 206 Å². The third-order valence-corrected chi connectivity index (χ3v) is 14.1. The van der Waals surface area contributed by atoms with Crippen LogP contribution in [0.15, 0.2) is 69.9 Å². The Labute approximate surface area is 413 Å². The summed E-state index contributed by atoms with van der Waals surface area (Å²) in [7, 11) is 0. The Hall–Kier alpha value is -4.24. The molecular formula is C50H56Br2Cl2N4O8. The van der Waals surface area contributed by atoms with Gasteiger partial charge >= 0.3 is 24.1 Å². The highest BCUT2D eigenvalue weighted by atomic mass is 79.9. The van der Waals surface area contributed by atoms with Gasteiger partial charge in [0, 0.05) is 56.3 Å². The van der Waals surface area contributed by atoms with Crippen LogP contribution in [-0.4, -0.2) is 90.5 Å². The summed E-state index contributed by atoms with van der Waals surface area (Å²) in [6, 6.07) is 14.2. The number of nitrogens with zero attached hydrogens (tertiary/aromatic N) is 4. The van der Waals surface area contributed by atoms with Crippen LogP contribution in [0.4, 0.5) is 9.59 Å². The van der Waals surface area contributed by atoms with Crippen molar-refractivity contribution in [1.82, 2.24) is 19.8 Å². The van der Waals surface area contributed by atoms with Gasteiger partial charge in [-0.1, -0.05) is 35.3 Å². The quantitative estimate of drug-likeness (QED) is 0.201. The predicted octanol–water partition coefficient (Wildman–Crippen LogP) is 11.7. The molecule has 0 radical (unpaired) electrons. The maximum Gasteiger partial charge on any atom is 0.411 e. The molecule has 0 saturated carbocycles. The summed E-state index contributed by atoms with van der Waals surface area (Å²) in [5.74, 6) is -2.14. The van der Waals surface area contributed by atoms with Crippen molar-refractivity contribution < 1.29 is 38.9 Å². The molecule has 16 heteroatoms. The number of carbonyl (C=O) groups excluding carboxylic acids is 2. The van der Waals surface area contributed by atoms with Crippen molar-refractivity contribution in [3.8, 4) is 0 Å². The minimum absolute atomic E-state index is 0.00948. The van der Waals surface area contributed by atoms with Crippen LogP contribution in [0.25, 0.3) is 0 Å². The highest BCUT2D eigenvalue weighted by Gasteiger charge is 2.45. The van der Waals surface area contributed by atoms with Crippen LogP contribution in [0.5, 0.6) is 0 Å². The van der Waals surface area contributed by atoms with Gasteiger partial charge in [-0.3, -0.25) is 19.8 Å². The molecule has 66 heavy (non-hydrogen) atoms. The van der Waals surface area contributed by atoms with Crippen LogP contribution in [0.3, 0.4) is 0 Å². The summed E-state index contributed by atoms with van der Waals surface area (Å²) in [6.07, 6.45) is 7.79. The molecule has 0 spiro atoms. The Kier molecular flexibility index (Phi) is 15.2. The number of fused-ring (bicyclic) bond motifs is 4. The highest BCUT2D eigenvalue weighted by molar-refractivity contribution is 9.10. The van der Waals surface area contributed by atoms with Crippen LogP contribution < -0.4 is 0 Å². The number of aromatic nitrogens is 2. The van der Waals surface area contributed by atoms with Gasteiger partial charge in [-0.15, -0.1) is 0 Å². The number of benzene rings is 2. The van der Waals surface area contributed by atoms with Crippen LogP contribution in [0.2, 0.25) is 10.0 Å². The molecule has 2 aliphatic heterocycles. The number of carboxylic acids is 2. The second-order valence-corrected chi connectivity index (χ2v) is 22.4. The number of amides is 2. The number of ether oxygens (including phenoxy) is 2. The molecule has 4 aromatic rings. The second-order valence-electron chi connectivity index (χ2n) is 19.7. The number of aryl methyl sites for hydroxylation is 4. The first kappa shape index (κ1) is 49.7. The Morgan fingerprint density at radius 1 is 0.606 bits per heavy atom. The summed E-state index contributed by atoms with van der Waals surface area (Å²) in [5.41, 5.74) is 7.54. The predicted molar refractivity (Wildman–Crippen MR) is 259 cm³/mol. The van der Waals surface area contributed by atoms with E-state index >= 15 is 0 Å².